The molecule has 0 saturated heterocycles. The Hall–Kier alpha value is -1.30. The predicted molar refractivity (Wildman–Crippen MR) is 81.0 cm³/mol. The van der Waals surface area contributed by atoms with Crippen molar-refractivity contribution in [3.05, 3.63) is 23.8 Å². The minimum atomic E-state index is -0.585. The summed E-state index contributed by atoms with van der Waals surface area (Å²) in [7, 11) is 0. The van der Waals surface area contributed by atoms with Gasteiger partial charge in [-0.2, -0.15) is 0 Å². The van der Waals surface area contributed by atoms with E-state index in [1.807, 2.05) is 39.0 Å². The molecule has 5 nitrogen and oxygen atoms in total. The first-order chi connectivity index (χ1) is 10.0. The zero-order valence-electron chi connectivity index (χ0n) is 13.0. The van der Waals surface area contributed by atoms with Crippen LogP contribution in [0.5, 0.6) is 11.5 Å². The Morgan fingerprint density at radius 1 is 1.29 bits per heavy atom. The van der Waals surface area contributed by atoms with E-state index in [1.54, 1.807) is 0 Å². The van der Waals surface area contributed by atoms with E-state index < -0.39 is 6.10 Å². The maximum absolute atomic E-state index is 10.2. The Bertz CT molecular complexity index is 462. The molecular weight excluding hydrogens is 270 g/mol. The van der Waals surface area contributed by atoms with Crippen molar-refractivity contribution < 1.29 is 19.3 Å². The summed E-state index contributed by atoms with van der Waals surface area (Å²) in [6.07, 6.45) is -0.585. The normalized spacial score (nSPS) is 15.8. The van der Waals surface area contributed by atoms with Crippen molar-refractivity contribution in [1.82, 2.24) is 5.32 Å². The summed E-state index contributed by atoms with van der Waals surface area (Å²) in [4.78, 5) is 0. The summed E-state index contributed by atoms with van der Waals surface area (Å²) in [6.45, 7) is 8.99. The molecule has 2 rings (SSSR count). The van der Waals surface area contributed by atoms with Crippen LogP contribution in [0.3, 0.4) is 0 Å². The molecule has 0 spiro atoms. The van der Waals surface area contributed by atoms with Crippen molar-refractivity contribution in [3.63, 3.8) is 0 Å². The second-order valence-corrected chi connectivity index (χ2v) is 5.74. The molecule has 2 N–H and O–H groups in total. The molecule has 0 aromatic heterocycles. The van der Waals surface area contributed by atoms with Gasteiger partial charge in [0.2, 0.25) is 0 Å². The third kappa shape index (κ3) is 4.59. The van der Waals surface area contributed by atoms with Gasteiger partial charge in [-0.25, -0.2) is 0 Å². The molecule has 0 bridgehead atoms. The summed E-state index contributed by atoms with van der Waals surface area (Å²) in [5.74, 6) is 1.44. The lowest BCUT2D eigenvalue weighted by atomic mass is 10.1. The van der Waals surface area contributed by atoms with Crippen LogP contribution in [0.2, 0.25) is 0 Å². The van der Waals surface area contributed by atoms with Crippen molar-refractivity contribution in [2.24, 2.45) is 0 Å². The Morgan fingerprint density at radius 3 is 2.71 bits per heavy atom. The van der Waals surface area contributed by atoms with Crippen molar-refractivity contribution in [3.8, 4) is 11.5 Å². The molecule has 0 aliphatic carbocycles. The molecular formula is C16H25NO4. The van der Waals surface area contributed by atoms with Crippen LogP contribution in [0.1, 0.15) is 32.4 Å². The maximum atomic E-state index is 10.2. The summed E-state index contributed by atoms with van der Waals surface area (Å²) in [5, 5.41) is 13.5. The number of aliphatic hydroxyl groups is 1. The highest BCUT2D eigenvalue weighted by atomic mass is 16.6. The van der Waals surface area contributed by atoms with Crippen molar-refractivity contribution >= 4 is 0 Å². The van der Waals surface area contributed by atoms with Crippen LogP contribution in [-0.2, 0) is 4.74 Å². The number of aliphatic hydroxyl groups excluding tert-OH is 1. The van der Waals surface area contributed by atoms with Crippen LogP contribution in [0.15, 0.2) is 18.2 Å². The van der Waals surface area contributed by atoms with E-state index in [4.69, 9.17) is 14.2 Å². The van der Waals surface area contributed by atoms with Gasteiger partial charge >= 0.3 is 0 Å². The molecule has 0 radical (unpaired) electrons. The fourth-order valence-corrected chi connectivity index (χ4v) is 2.34. The fraction of sp³-hybridized carbons (Fsp3) is 0.625. The number of rotatable bonds is 7. The molecule has 0 amide bonds. The Balaban J connectivity index is 1.87. The first kappa shape index (κ1) is 16.1. The molecule has 1 atom stereocenters. The van der Waals surface area contributed by atoms with Gasteiger partial charge in [-0.1, -0.05) is 6.07 Å². The lowest BCUT2D eigenvalue weighted by Crippen LogP contribution is -2.39. The highest BCUT2D eigenvalue weighted by Gasteiger charge is 2.19. The molecule has 21 heavy (non-hydrogen) atoms. The van der Waals surface area contributed by atoms with Gasteiger partial charge in [0.05, 0.1) is 11.7 Å². The predicted octanol–water partition coefficient (Wildman–Crippen LogP) is 1.90. The third-order valence-electron chi connectivity index (χ3n) is 3.37. The van der Waals surface area contributed by atoms with Gasteiger partial charge in [0.25, 0.3) is 0 Å². The smallest absolute Gasteiger partial charge is 0.161 e. The number of nitrogens with one attached hydrogen (secondary N) is 1. The second kappa shape index (κ2) is 7.11. The van der Waals surface area contributed by atoms with E-state index in [2.05, 4.69) is 5.32 Å². The first-order valence-corrected chi connectivity index (χ1v) is 7.44. The molecule has 0 fully saturated rings. The average Bonchev–Trinajstić information content (AvgIpc) is 2.46. The van der Waals surface area contributed by atoms with Crippen LogP contribution < -0.4 is 14.8 Å². The summed E-state index contributed by atoms with van der Waals surface area (Å²) >= 11 is 0. The summed E-state index contributed by atoms with van der Waals surface area (Å²) in [5.41, 5.74) is 0.585. The highest BCUT2D eigenvalue weighted by molar-refractivity contribution is 5.44. The fourth-order valence-electron chi connectivity index (χ4n) is 2.34. The highest BCUT2D eigenvalue weighted by Crippen LogP contribution is 2.32. The second-order valence-electron chi connectivity index (χ2n) is 5.74. The molecule has 1 aromatic carbocycles. The zero-order valence-corrected chi connectivity index (χ0v) is 13.0. The standard InChI is InChI=1S/C16H25NO4/c1-4-21-16(2,3)11-17-10-13(18)12-5-6-14-15(9-12)20-8-7-19-14/h5-6,9,13,17-18H,4,7-8,10-11H2,1-3H3. The minimum Gasteiger partial charge on any atom is -0.486 e. The lowest BCUT2D eigenvalue weighted by molar-refractivity contribution is -0.0104. The molecule has 1 unspecified atom stereocenters. The van der Waals surface area contributed by atoms with Crippen LogP contribution in [0.4, 0.5) is 0 Å². The number of benzene rings is 1. The van der Waals surface area contributed by atoms with Crippen LogP contribution in [0, 0.1) is 0 Å². The van der Waals surface area contributed by atoms with Crippen molar-refractivity contribution in [1.29, 1.82) is 0 Å². The lowest BCUT2D eigenvalue weighted by Gasteiger charge is -2.26. The van der Waals surface area contributed by atoms with Gasteiger partial charge in [-0.05, 0) is 38.5 Å². The molecule has 1 aliphatic rings. The van der Waals surface area contributed by atoms with Crippen LogP contribution in [-0.4, -0.2) is 43.6 Å². The summed E-state index contributed by atoms with van der Waals surface area (Å²) in [6, 6.07) is 5.55. The van der Waals surface area contributed by atoms with Gasteiger partial charge in [-0.3, -0.25) is 0 Å². The molecule has 1 aliphatic heterocycles. The van der Waals surface area contributed by atoms with Gasteiger partial charge in [-0.15, -0.1) is 0 Å². The van der Waals surface area contributed by atoms with E-state index in [9.17, 15) is 5.11 Å². The van der Waals surface area contributed by atoms with Gasteiger partial charge in [0, 0.05) is 19.7 Å². The Kier molecular flexibility index (Phi) is 5.45. The van der Waals surface area contributed by atoms with Crippen LogP contribution in [0.25, 0.3) is 0 Å². The van der Waals surface area contributed by atoms with Gasteiger partial charge in [0.1, 0.15) is 13.2 Å². The SMILES string of the molecule is CCOC(C)(C)CNCC(O)c1ccc2c(c1)OCCO2. The third-order valence-corrected chi connectivity index (χ3v) is 3.37. The Morgan fingerprint density at radius 2 is 2.00 bits per heavy atom. The van der Waals surface area contributed by atoms with Gasteiger partial charge in [0.15, 0.2) is 11.5 Å². The van der Waals surface area contributed by atoms with E-state index >= 15 is 0 Å². The van der Waals surface area contributed by atoms with E-state index in [-0.39, 0.29) is 5.60 Å². The molecule has 118 valence electrons. The molecule has 0 saturated carbocycles. The van der Waals surface area contributed by atoms with Gasteiger partial charge < -0.3 is 24.6 Å². The first-order valence-electron chi connectivity index (χ1n) is 7.44. The topological polar surface area (TPSA) is 60.0 Å². The Labute approximate surface area is 126 Å². The number of ether oxygens (including phenoxy) is 3. The molecule has 1 heterocycles. The molecule has 1 aromatic rings. The van der Waals surface area contributed by atoms with Crippen molar-refractivity contribution in [2.75, 3.05) is 32.9 Å². The number of hydrogen-bond acceptors (Lipinski definition) is 5. The maximum Gasteiger partial charge on any atom is 0.161 e. The van der Waals surface area contributed by atoms with E-state index in [0.717, 1.165) is 11.3 Å². The van der Waals surface area contributed by atoms with Crippen LogP contribution >= 0.6 is 0 Å². The van der Waals surface area contributed by atoms with E-state index in [1.165, 1.54) is 0 Å². The monoisotopic (exact) mass is 295 g/mol. The quantitative estimate of drug-likeness (QED) is 0.804. The molecule has 5 heteroatoms. The number of fused-ring (bicyclic) bond motifs is 1. The largest absolute Gasteiger partial charge is 0.486 e. The summed E-state index contributed by atoms with van der Waals surface area (Å²) < 4.78 is 16.6. The minimum absolute atomic E-state index is 0.235. The van der Waals surface area contributed by atoms with Crippen molar-refractivity contribution in [2.45, 2.75) is 32.5 Å². The average molecular weight is 295 g/mol. The van der Waals surface area contributed by atoms with E-state index in [0.29, 0.717) is 38.7 Å². The zero-order chi connectivity index (χ0) is 15.3. The number of hydrogen-bond donors (Lipinski definition) is 2.